The molecule has 0 amide bonds. The number of carboxylic acids is 1. The van der Waals surface area contributed by atoms with Crippen molar-refractivity contribution in [1.29, 1.82) is 0 Å². The number of nitrogens with zero attached hydrogens (tertiary/aromatic N) is 1. The van der Waals surface area contributed by atoms with E-state index in [-0.39, 0.29) is 5.56 Å². The highest BCUT2D eigenvalue weighted by Gasteiger charge is 2.31. The van der Waals surface area contributed by atoms with Gasteiger partial charge in [0.05, 0.1) is 11.1 Å². The zero-order valence-corrected chi connectivity index (χ0v) is 13.5. The highest BCUT2D eigenvalue weighted by molar-refractivity contribution is 5.89. The number of alkyl halides is 3. The van der Waals surface area contributed by atoms with Gasteiger partial charge < -0.3 is 5.11 Å². The minimum Gasteiger partial charge on any atom is -0.478 e. The molecule has 1 aliphatic rings. The molecule has 1 heterocycles. The quantitative estimate of drug-likeness (QED) is 0.907. The Balaban J connectivity index is 1.70. The molecule has 3 rings (SSSR count). The predicted molar refractivity (Wildman–Crippen MR) is 87.5 cm³/mol. The van der Waals surface area contributed by atoms with Crippen molar-refractivity contribution in [3.63, 3.8) is 0 Å². The Morgan fingerprint density at radius 3 is 2.60 bits per heavy atom. The van der Waals surface area contributed by atoms with Crippen LogP contribution in [0.25, 0.3) is 0 Å². The second kappa shape index (κ2) is 6.88. The van der Waals surface area contributed by atoms with Crippen LogP contribution in [0.2, 0.25) is 0 Å². The smallest absolute Gasteiger partial charge is 0.416 e. The van der Waals surface area contributed by atoms with Gasteiger partial charge in [-0.1, -0.05) is 24.3 Å². The molecule has 0 saturated heterocycles. The molecular formula is C19H18F3NO2. The van der Waals surface area contributed by atoms with Crippen LogP contribution >= 0.6 is 0 Å². The van der Waals surface area contributed by atoms with E-state index < -0.39 is 17.7 Å². The van der Waals surface area contributed by atoms with Crippen LogP contribution in [0, 0.1) is 0 Å². The first-order valence-corrected chi connectivity index (χ1v) is 8.07. The number of halogens is 3. The maximum Gasteiger partial charge on any atom is 0.416 e. The number of carboxylic acid groups (broad SMARTS) is 1. The van der Waals surface area contributed by atoms with Crippen molar-refractivity contribution in [2.45, 2.75) is 25.6 Å². The molecule has 0 bridgehead atoms. The van der Waals surface area contributed by atoms with Crippen molar-refractivity contribution in [3.8, 4) is 0 Å². The number of hydrogen-bond acceptors (Lipinski definition) is 2. The molecule has 0 radical (unpaired) electrons. The molecule has 132 valence electrons. The number of carbonyl (C=O) groups is 1. The Hall–Kier alpha value is -2.34. The molecule has 0 spiro atoms. The van der Waals surface area contributed by atoms with Crippen LogP contribution < -0.4 is 0 Å². The van der Waals surface area contributed by atoms with E-state index >= 15 is 0 Å². The van der Waals surface area contributed by atoms with Gasteiger partial charge in [-0.2, -0.15) is 13.2 Å². The lowest BCUT2D eigenvalue weighted by Gasteiger charge is -2.29. The largest absolute Gasteiger partial charge is 0.478 e. The SMILES string of the molecule is O=C(O)c1ccccc1CCN1CCc2ccc(C(F)(F)F)cc2C1. The Bertz CT molecular complexity index is 786. The third-order valence-electron chi connectivity index (χ3n) is 4.57. The van der Waals surface area contributed by atoms with Gasteiger partial charge in [-0.3, -0.25) is 4.90 Å². The molecule has 2 aromatic carbocycles. The van der Waals surface area contributed by atoms with Crippen LogP contribution in [-0.2, 0) is 25.6 Å². The van der Waals surface area contributed by atoms with Crippen molar-refractivity contribution >= 4 is 5.97 Å². The molecule has 3 nitrogen and oxygen atoms in total. The van der Waals surface area contributed by atoms with Crippen LogP contribution in [-0.4, -0.2) is 29.1 Å². The molecule has 0 unspecified atom stereocenters. The normalized spacial score (nSPS) is 15.0. The first-order chi connectivity index (χ1) is 11.8. The summed E-state index contributed by atoms with van der Waals surface area (Å²) in [7, 11) is 0. The van der Waals surface area contributed by atoms with Crippen LogP contribution in [0.5, 0.6) is 0 Å². The number of benzene rings is 2. The molecule has 0 atom stereocenters. The average Bonchev–Trinajstić information content (AvgIpc) is 2.58. The monoisotopic (exact) mass is 349 g/mol. The minimum atomic E-state index is -4.34. The van der Waals surface area contributed by atoms with E-state index in [1.165, 1.54) is 6.07 Å². The van der Waals surface area contributed by atoms with Gasteiger partial charge in [0.25, 0.3) is 0 Å². The van der Waals surface area contributed by atoms with Gasteiger partial charge >= 0.3 is 12.1 Å². The summed E-state index contributed by atoms with van der Waals surface area (Å²) < 4.78 is 38.6. The molecule has 2 aromatic rings. The van der Waals surface area contributed by atoms with E-state index in [2.05, 4.69) is 4.90 Å². The van der Waals surface area contributed by atoms with Crippen molar-refractivity contribution in [3.05, 3.63) is 70.3 Å². The van der Waals surface area contributed by atoms with Crippen molar-refractivity contribution in [1.82, 2.24) is 4.90 Å². The second-order valence-corrected chi connectivity index (χ2v) is 6.22. The molecule has 0 aromatic heterocycles. The van der Waals surface area contributed by atoms with Gasteiger partial charge in [0.15, 0.2) is 0 Å². The maximum atomic E-state index is 12.9. The number of hydrogen-bond donors (Lipinski definition) is 1. The number of rotatable bonds is 4. The topological polar surface area (TPSA) is 40.5 Å². The van der Waals surface area contributed by atoms with E-state index in [0.29, 0.717) is 31.5 Å². The Morgan fingerprint density at radius 1 is 1.12 bits per heavy atom. The van der Waals surface area contributed by atoms with E-state index in [1.54, 1.807) is 30.3 Å². The highest BCUT2D eigenvalue weighted by Crippen LogP contribution is 2.32. The molecule has 0 fully saturated rings. The number of fused-ring (bicyclic) bond motifs is 1. The summed E-state index contributed by atoms with van der Waals surface area (Å²) in [5.41, 5.74) is 2.05. The van der Waals surface area contributed by atoms with Crippen LogP contribution in [0.15, 0.2) is 42.5 Å². The maximum absolute atomic E-state index is 12.9. The van der Waals surface area contributed by atoms with Gasteiger partial charge in [0.1, 0.15) is 0 Å². The fourth-order valence-electron chi connectivity index (χ4n) is 3.21. The molecule has 0 saturated carbocycles. The lowest BCUT2D eigenvalue weighted by molar-refractivity contribution is -0.137. The Kier molecular flexibility index (Phi) is 4.81. The molecule has 6 heteroatoms. The average molecular weight is 349 g/mol. The van der Waals surface area contributed by atoms with Gasteiger partial charge in [-0.05, 0) is 47.7 Å². The van der Waals surface area contributed by atoms with Crippen LogP contribution in [0.4, 0.5) is 13.2 Å². The minimum absolute atomic E-state index is 0.277. The Morgan fingerprint density at radius 2 is 1.88 bits per heavy atom. The Labute approximate surface area is 143 Å². The molecule has 0 aliphatic carbocycles. The van der Waals surface area contributed by atoms with Crippen molar-refractivity contribution < 1.29 is 23.1 Å². The lowest BCUT2D eigenvalue weighted by Crippen LogP contribution is -2.32. The summed E-state index contributed by atoms with van der Waals surface area (Å²) in [4.78, 5) is 13.3. The second-order valence-electron chi connectivity index (χ2n) is 6.22. The van der Waals surface area contributed by atoms with E-state index in [4.69, 9.17) is 0 Å². The summed E-state index contributed by atoms with van der Waals surface area (Å²) in [6.45, 7) is 1.82. The third-order valence-corrected chi connectivity index (χ3v) is 4.57. The van der Waals surface area contributed by atoms with Gasteiger partial charge in [0, 0.05) is 19.6 Å². The fraction of sp³-hybridized carbons (Fsp3) is 0.316. The van der Waals surface area contributed by atoms with E-state index in [1.807, 2.05) is 0 Å². The summed E-state index contributed by atoms with van der Waals surface area (Å²) in [6, 6.07) is 10.8. The highest BCUT2D eigenvalue weighted by atomic mass is 19.4. The molecule has 1 N–H and O–H groups in total. The summed E-state index contributed by atoms with van der Waals surface area (Å²) in [6.07, 6.45) is -3.08. The zero-order valence-electron chi connectivity index (χ0n) is 13.5. The third kappa shape index (κ3) is 4.02. The van der Waals surface area contributed by atoms with Crippen molar-refractivity contribution in [2.24, 2.45) is 0 Å². The predicted octanol–water partition coefficient (Wildman–Crippen LogP) is 4.00. The van der Waals surface area contributed by atoms with Crippen LogP contribution in [0.3, 0.4) is 0 Å². The summed E-state index contributed by atoms with van der Waals surface area (Å²) in [5, 5.41) is 9.22. The van der Waals surface area contributed by atoms with Gasteiger partial charge in [0.2, 0.25) is 0 Å². The first-order valence-electron chi connectivity index (χ1n) is 8.07. The fourth-order valence-corrected chi connectivity index (χ4v) is 3.21. The van der Waals surface area contributed by atoms with Gasteiger partial charge in [-0.15, -0.1) is 0 Å². The van der Waals surface area contributed by atoms with Crippen LogP contribution in [0.1, 0.15) is 32.6 Å². The first kappa shape index (κ1) is 17.5. The standard InChI is InChI=1S/C19H18F3NO2/c20-19(21,22)16-6-5-13-7-9-23(12-15(13)11-16)10-8-14-3-1-2-4-17(14)18(24)25/h1-6,11H,7-10,12H2,(H,24,25). The number of aromatic carboxylic acids is 1. The zero-order chi connectivity index (χ0) is 18.0. The molecule has 25 heavy (non-hydrogen) atoms. The molecule has 1 aliphatic heterocycles. The lowest BCUT2D eigenvalue weighted by atomic mass is 9.96. The van der Waals surface area contributed by atoms with E-state index in [0.717, 1.165) is 23.7 Å². The van der Waals surface area contributed by atoms with Gasteiger partial charge in [-0.25, -0.2) is 4.79 Å². The summed E-state index contributed by atoms with van der Waals surface area (Å²) >= 11 is 0. The van der Waals surface area contributed by atoms with Crippen molar-refractivity contribution in [2.75, 3.05) is 13.1 Å². The van der Waals surface area contributed by atoms with E-state index in [9.17, 15) is 23.1 Å². The molecular weight excluding hydrogens is 331 g/mol. The summed E-state index contributed by atoms with van der Waals surface area (Å²) in [5.74, 6) is -0.964.